The molecule has 5 heteroatoms. The van der Waals surface area contributed by atoms with Gasteiger partial charge in [-0.05, 0) is 36.1 Å². The molecule has 2 amide bonds. The number of amides is 2. The molecule has 5 nitrogen and oxygen atoms in total. The Morgan fingerprint density at radius 1 is 1.00 bits per heavy atom. The second-order valence-corrected chi connectivity index (χ2v) is 6.55. The minimum atomic E-state index is -0.645. The standard InChI is InChI=1S/C22H25N3O2/c1-17(2)16-20(24-21(26)19-13-7-4-8-14-19)22(27)25-23-15-9-12-18-10-5-3-6-11-18/h3-15,17,20H,16H2,1-2H3,(H,24,26)(H,25,27)/b12-9+,23-15+. The Kier molecular flexibility index (Phi) is 7.97. The Balaban J connectivity index is 1.92. The Bertz CT molecular complexity index is 784. The first-order valence-corrected chi connectivity index (χ1v) is 8.97. The molecule has 0 spiro atoms. The van der Waals surface area contributed by atoms with Gasteiger partial charge in [-0.2, -0.15) is 5.10 Å². The van der Waals surface area contributed by atoms with E-state index < -0.39 is 6.04 Å². The van der Waals surface area contributed by atoms with Gasteiger partial charge in [-0.15, -0.1) is 0 Å². The number of carbonyl (C=O) groups excluding carboxylic acids is 2. The van der Waals surface area contributed by atoms with Crippen molar-refractivity contribution in [3.05, 3.63) is 77.9 Å². The number of allylic oxidation sites excluding steroid dienone is 1. The smallest absolute Gasteiger partial charge is 0.262 e. The van der Waals surface area contributed by atoms with Crippen LogP contribution in [-0.2, 0) is 4.79 Å². The van der Waals surface area contributed by atoms with Gasteiger partial charge in [0.1, 0.15) is 6.04 Å². The summed E-state index contributed by atoms with van der Waals surface area (Å²) in [5, 5.41) is 6.72. The molecule has 2 N–H and O–H groups in total. The summed E-state index contributed by atoms with van der Waals surface area (Å²) < 4.78 is 0. The molecular weight excluding hydrogens is 338 g/mol. The minimum absolute atomic E-state index is 0.249. The second kappa shape index (κ2) is 10.7. The van der Waals surface area contributed by atoms with Gasteiger partial charge < -0.3 is 5.32 Å². The lowest BCUT2D eigenvalue weighted by Crippen LogP contribution is -2.46. The molecule has 1 atom stereocenters. The summed E-state index contributed by atoms with van der Waals surface area (Å²) in [5.41, 5.74) is 4.06. The second-order valence-electron chi connectivity index (χ2n) is 6.55. The van der Waals surface area contributed by atoms with E-state index in [0.29, 0.717) is 12.0 Å². The van der Waals surface area contributed by atoms with E-state index in [1.54, 1.807) is 30.3 Å². The van der Waals surface area contributed by atoms with Crippen LogP contribution in [0.1, 0.15) is 36.2 Å². The number of rotatable bonds is 8. The summed E-state index contributed by atoms with van der Waals surface area (Å²) in [6, 6.07) is 18.0. The highest BCUT2D eigenvalue weighted by Crippen LogP contribution is 2.07. The fourth-order valence-corrected chi connectivity index (χ4v) is 2.47. The van der Waals surface area contributed by atoms with Crippen molar-refractivity contribution in [2.24, 2.45) is 11.0 Å². The fraction of sp³-hybridized carbons (Fsp3) is 0.227. The van der Waals surface area contributed by atoms with Crippen LogP contribution in [0, 0.1) is 5.92 Å². The van der Waals surface area contributed by atoms with Crippen molar-refractivity contribution in [1.82, 2.24) is 10.7 Å². The molecular formula is C22H25N3O2. The Morgan fingerprint density at radius 3 is 2.26 bits per heavy atom. The lowest BCUT2D eigenvalue weighted by atomic mass is 10.0. The summed E-state index contributed by atoms with van der Waals surface area (Å²) in [6.45, 7) is 4.00. The zero-order valence-electron chi connectivity index (χ0n) is 15.6. The first-order valence-electron chi connectivity index (χ1n) is 8.97. The van der Waals surface area contributed by atoms with Gasteiger partial charge in [-0.25, -0.2) is 5.43 Å². The maximum Gasteiger partial charge on any atom is 0.262 e. The van der Waals surface area contributed by atoms with Crippen LogP contribution < -0.4 is 10.7 Å². The van der Waals surface area contributed by atoms with Crippen molar-refractivity contribution in [2.75, 3.05) is 0 Å². The third kappa shape index (κ3) is 7.28. The van der Waals surface area contributed by atoms with E-state index in [9.17, 15) is 9.59 Å². The molecule has 0 saturated carbocycles. The molecule has 2 aromatic carbocycles. The van der Waals surface area contributed by atoms with Gasteiger partial charge in [0.2, 0.25) is 0 Å². The van der Waals surface area contributed by atoms with Crippen molar-refractivity contribution in [3.63, 3.8) is 0 Å². The summed E-state index contributed by atoms with van der Waals surface area (Å²) >= 11 is 0. The molecule has 2 rings (SSSR count). The number of benzene rings is 2. The van der Waals surface area contributed by atoms with Gasteiger partial charge in [-0.3, -0.25) is 9.59 Å². The number of nitrogens with one attached hydrogen (secondary N) is 2. The topological polar surface area (TPSA) is 70.6 Å². The normalized spacial score (nSPS) is 12.4. The number of carbonyl (C=O) groups is 2. The highest BCUT2D eigenvalue weighted by atomic mass is 16.2. The van der Waals surface area contributed by atoms with E-state index in [4.69, 9.17) is 0 Å². The average Bonchev–Trinajstić information content (AvgIpc) is 2.68. The van der Waals surface area contributed by atoms with Gasteiger partial charge in [0.25, 0.3) is 11.8 Å². The summed E-state index contributed by atoms with van der Waals surface area (Å²) in [4.78, 5) is 24.7. The third-order valence-corrected chi connectivity index (χ3v) is 3.79. The van der Waals surface area contributed by atoms with Crippen LogP contribution in [0.4, 0.5) is 0 Å². The Labute approximate surface area is 160 Å². The largest absolute Gasteiger partial charge is 0.340 e. The van der Waals surface area contributed by atoms with Crippen LogP contribution in [-0.4, -0.2) is 24.1 Å². The molecule has 1 unspecified atom stereocenters. The summed E-state index contributed by atoms with van der Waals surface area (Å²) in [5.74, 6) is -0.361. The van der Waals surface area contributed by atoms with E-state index in [2.05, 4.69) is 15.8 Å². The maximum atomic E-state index is 12.4. The van der Waals surface area contributed by atoms with Crippen molar-refractivity contribution in [3.8, 4) is 0 Å². The van der Waals surface area contributed by atoms with Gasteiger partial charge in [0.05, 0.1) is 0 Å². The van der Waals surface area contributed by atoms with Crippen LogP contribution in [0.5, 0.6) is 0 Å². The fourth-order valence-electron chi connectivity index (χ4n) is 2.47. The molecule has 0 bridgehead atoms. The molecule has 0 aromatic heterocycles. The molecule has 0 radical (unpaired) electrons. The Hall–Kier alpha value is -3.21. The van der Waals surface area contributed by atoms with Crippen LogP contribution in [0.15, 0.2) is 71.8 Å². The zero-order chi connectivity index (χ0) is 19.5. The molecule has 0 heterocycles. The number of hydrogen-bond donors (Lipinski definition) is 2. The minimum Gasteiger partial charge on any atom is -0.340 e. The van der Waals surface area contributed by atoms with E-state index in [0.717, 1.165) is 5.56 Å². The third-order valence-electron chi connectivity index (χ3n) is 3.79. The van der Waals surface area contributed by atoms with Crippen LogP contribution in [0.2, 0.25) is 0 Å². The van der Waals surface area contributed by atoms with Gasteiger partial charge >= 0.3 is 0 Å². The van der Waals surface area contributed by atoms with Crippen molar-refractivity contribution >= 4 is 24.1 Å². The number of nitrogens with zero attached hydrogens (tertiary/aromatic N) is 1. The zero-order valence-corrected chi connectivity index (χ0v) is 15.6. The lowest BCUT2D eigenvalue weighted by molar-refractivity contribution is -0.123. The highest BCUT2D eigenvalue weighted by molar-refractivity contribution is 5.97. The van der Waals surface area contributed by atoms with Crippen LogP contribution >= 0.6 is 0 Å². The quantitative estimate of drug-likeness (QED) is 0.555. The van der Waals surface area contributed by atoms with Crippen molar-refractivity contribution < 1.29 is 9.59 Å². The molecule has 0 fully saturated rings. The number of hydrazone groups is 1. The van der Waals surface area contributed by atoms with E-state index in [1.165, 1.54) is 6.21 Å². The molecule has 0 saturated heterocycles. The van der Waals surface area contributed by atoms with Gasteiger partial charge in [-0.1, -0.05) is 68.5 Å². The molecule has 0 aliphatic rings. The molecule has 0 aliphatic heterocycles. The van der Waals surface area contributed by atoms with E-state index in [-0.39, 0.29) is 17.7 Å². The Morgan fingerprint density at radius 2 is 1.63 bits per heavy atom. The predicted octanol–water partition coefficient (Wildman–Crippen LogP) is 3.65. The average molecular weight is 363 g/mol. The molecule has 140 valence electrons. The highest BCUT2D eigenvalue weighted by Gasteiger charge is 2.22. The van der Waals surface area contributed by atoms with Crippen LogP contribution in [0.25, 0.3) is 6.08 Å². The first kappa shape index (κ1) is 20.1. The van der Waals surface area contributed by atoms with E-state index in [1.807, 2.05) is 56.3 Å². The lowest BCUT2D eigenvalue weighted by Gasteiger charge is -2.18. The summed E-state index contributed by atoms with van der Waals surface area (Å²) in [7, 11) is 0. The monoisotopic (exact) mass is 363 g/mol. The van der Waals surface area contributed by atoms with E-state index >= 15 is 0 Å². The first-order chi connectivity index (χ1) is 13.1. The maximum absolute atomic E-state index is 12.4. The van der Waals surface area contributed by atoms with Gasteiger partial charge in [0, 0.05) is 11.8 Å². The SMILES string of the molecule is CC(C)CC(NC(=O)c1ccccc1)C(=O)N/N=C/C=C/c1ccccc1. The summed E-state index contributed by atoms with van der Waals surface area (Å²) in [6.07, 6.45) is 5.67. The van der Waals surface area contributed by atoms with Gasteiger partial charge in [0.15, 0.2) is 0 Å². The predicted molar refractivity (Wildman–Crippen MR) is 109 cm³/mol. The van der Waals surface area contributed by atoms with Crippen LogP contribution in [0.3, 0.4) is 0 Å². The van der Waals surface area contributed by atoms with Crippen molar-refractivity contribution in [2.45, 2.75) is 26.3 Å². The molecule has 2 aromatic rings. The number of hydrogen-bond acceptors (Lipinski definition) is 3. The van der Waals surface area contributed by atoms with Crippen molar-refractivity contribution in [1.29, 1.82) is 0 Å². The molecule has 27 heavy (non-hydrogen) atoms. The molecule has 0 aliphatic carbocycles.